The fourth-order valence-corrected chi connectivity index (χ4v) is 4.51. The average Bonchev–Trinajstić information content (AvgIpc) is 3.17. The van der Waals surface area contributed by atoms with Gasteiger partial charge in [-0.3, -0.25) is 4.90 Å². The van der Waals surface area contributed by atoms with Crippen molar-refractivity contribution in [1.29, 1.82) is 0 Å². The van der Waals surface area contributed by atoms with Gasteiger partial charge in [0.05, 0.1) is 0 Å². The van der Waals surface area contributed by atoms with Crippen molar-refractivity contribution >= 4 is 17.4 Å². The molecule has 0 bridgehead atoms. The number of hydrogen-bond donors (Lipinski definition) is 2. The van der Waals surface area contributed by atoms with Gasteiger partial charge in [-0.05, 0) is 55.0 Å². The van der Waals surface area contributed by atoms with Crippen molar-refractivity contribution < 1.29 is 9.32 Å². The molecule has 1 aliphatic heterocycles. The summed E-state index contributed by atoms with van der Waals surface area (Å²) in [7, 11) is 0. The van der Waals surface area contributed by atoms with Crippen LogP contribution in [-0.4, -0.2) is 22.6 Å². The van der Waals surface area contributed by atoms with E-state index in [4.69, 9.17) is 4.52 Å². The summed E-state index contributed by atoms with van der Waals surface area (Å²) in [4.78, 5) is 14.8. The molecule has 2 N–H and O–H groups in total. The van der Waals surface area contributed by atoms with Gasteiger partial charge in [-0.25, -0.2) is 4.79 Å². The highest BCUT2D eigenvalue weighted by molar-refractivity contribution is 6.00. The number of aryl methyl sites for hydroxylation is 1. The summed E-state index contributed by atoms with van der Waals surface area (Å²) in [5.74, 6) is 1.09. The summed E-state index contributed by atoms with van der Waals surface area (Å²) < 4.78 is 5.58. The average molecular weight is 402 g/mol. The number of nitrogens with one attached hydrogen (secondary N) is 2. The summed E-state index contributed by atoms with van der Waals surface area (Å²) in [6, 6.07) is 15.4. The Bertz CT molecular complexity index is 1040. The summed E-state index contributed by atoms with van der Waals surface area (Å²) in [6.45, 7) is 2.62. The van der Waals surface area contributed by atoms with Crippen LogP contribution in [0.3, 0.4) is 0 Å². The van der Waals surface area contributed by atoms with E-state index in [0.29, 0.717) is 0 Å². The van der Waals surface area contributed by atoms with Gasteiger partial charge in [-0.1, -0.05) is 35.5 Å². The molecule has 3 aromatic rings. The van der Waals surface area contributed by atoms with Gasteiger partial charge < -0.3 is 15.2 Å². The fraction of sp³-hybridized carbons (Fsp3) is 0.333. The van der Waals surface area contributed by atoms with Crippen LogP contribution in [-0.2, 0) is 32.4 Å². The molecule has 2 aromatic carbocycles. The first-order valence-electron chi connectivity index (χ1n) is 10.7. The lowest BCUT2D eigenvalue weighted by Gasteiger charge is -2.29. The molecular weight excluding hydrogens is 376 g/mol. The molecule has 0 spiro atoms. The number of urea groups is 1. The van der Waals surface area contributed by atoms with Crippen molar-refractivity contribution in [3.05, 3.63) is 76.7 Å². The van der Waals surface area contributed by atoms with Crippen LogP contribution in [0.2, 0.25) is 0 Å². The maximum Gasteiger partial charge on any atom is 0.323 e. The highest BCUT2D eigenvalue weighted by Gasteiger charge is 2.24. The molecule has 0 atom stereocenters. The van der Waals surface area contributed by atoms with E-state index < -0.39 is 0 Å². The van der Waals surface area contributed by atoms with Gasteiger partial charge in [0.25, 0.3) is 0 Å². The SMILES string of the molecule is O=C(Nc1ccccc1)Nc1cccc2c1CCN(Cc1noc3c1CCCC3)C2. The van der Waals surface area contributed by atoms with Crippen molar-refractivity contribution in [3.8, 4) is 0 Å². The van der Waals surface area contributed by atoms with Crippen LogP contribution in [0.25, 0.3) is 0 Å². The Labute approximate surface area is 176 Å². The smallest absolute Gasteiger partial charge is 0.323 e. The maximum absolute atomic E-state index is 12.4. The monoisotopic (exact) mass is 402 g/mol. The minimum atomic E-state index is -0.216. The Morgan fingerprint density at radius 1 is 0.967 bits per heavy atom. The van der Waals surface area contributed by atoms with E-state index in [1.807, 2.05) is 42.5 Å². The van der Waals surface area contributed by atoms with E-state index in [9.17, 15) is 4.79 Å². The number of aromatic nitrogens is 1. The normalized spacial score (nSPS) is 15.9. The highest BCUT2D eigenvalue weighted by Crippen LogP contribution is 2.29. The molecule has 0 unspecified atom stereocenters. The predicted molar refractivity (Wildman–Crippen MR) is 116 cm³/mol. The Kier molecular flexibility index (Phi) is 5.24. The molecule has 0 radical (unpaired) electrons. The Morgan fingerprint density at radius 2 is 1.83 bits per heavy atom. The third kappa shape index (κ3) is 3.96. The van der Waals surface area contributed by atoms with Gasteiger partial charge in [0, 0.05) is 43.0 Å². The fourth-order valence-electron chi connectivity index (χ4n) is 4.51. The van der Waals surface area contributed by atoms with Crippen LogP contribution in [0.1, 0.15) is 41.0 Å². The quantitative estimate of drug-likeness (QED) is 0.660. The molecule has 30 heavy (non-hydrogen) atoms. The zero-order valence-corrected chi connectivity index (χ0v) is 17.0. The summed E-state index contributed by atoms with van der Waals surface area (Å²) in [6.07, 6.45) is 5.43. The molecule has 2 heterocycles. The van der Waals surface area contributed by atoms with E-state index in [0.717, 1.165) is 61.7 Å². The van der Waals surface area contributed by atoms with Crippen LogP contribution in [0.15, 0.2) is 53.1 Å². The number of para-hydroxylation sites is 1. The second kappa shape index (κ2) is 8.32. The third-order valence-electron chi connectivity index (χ3n) is 6.03. The summed E-state index contributed by atoms with van der Waals surface area (Å²) in [5.41, 5.74) is 6.58. The van der Waals surface area contributed by atoms with E-state index in [1.165, 1.54) is 29.5 Å². The molecule has 0 saturated carbocycles. The van der Waals surface area contributed by atoms with Gasteiger partial charge in [-0.15, -0.1) is 0 Å². The van der Waals surface area contributed by atoms with Gasteiger partial charge in [0.15, 0.2) is 0 Å². The zero-order valence-electron chi connectivity index (χ0n) is 17.0. The van der Waals surface area contributed by atoms with Crippen molar-refractivity contribution in [3.63, 3.8) is 0 Å². The van der Waals surface area contributed by atoms with Crippen molar-refractivity contribution in [1.82, 2.24) is 10.1 Å². The largest absolute Gasteiger partial charge is 0.361 e. The Morgan fingerprint density at radius 3 is 2.73 bits per heavy atom. The number of nitrogens with zero attached hydrogens (tertiary/aromatic N) is 2. The molecule has 6 nitrogen and oxygen atoms in total. The number of rotatable bonds is 4. The van der Waals surface area contributed by atoms with Gasteiger partial charge >= 0.3 is 6.03 Å². The Balaban J connectivity index is 1.26. The summed E-state index contributed by atoms with van der Waals surface area (Å²) >= 11 is 0. The third-order valence-corrected chi connectivity index (χ3v) is 6.03. The number of fused-ring (bicyclic) bond motifs is 2. The van der Waals surface area contributed by atoms with E-state index in [2.05, 4.69) is 26.8 Å². The van der Waals surface area contributed by atoms with E-state index in [1.54, 1.807) is 0 Å². The molecule has 154 valence electrons. The van der Waals surface area contributed by atoms with E-state index in [-0.39, 0.29) is 6.03 Å². The van der Waals surface area contributed by atoms with Gasteiger partial charge in [-0.2, -0.15) is 0 Å². The van der Waals surface area contributed by atoms with Crippen LogP contribution in [0.5, 0.6) is 0 Å². The van der Waals surface area contributed by atoms with Crippen molar-refractivity contribution in [2.24, 2.45) is 0 Å². The first-order chi connectivity index (χ1) is 14.8. The first-order valence-corrected chi connectivity index (χ1v) is 10.7. The molecule has 1 aromatic heterocycles. The first kappa shape index (κ1) is 18.9. The lowest BCUT2D eigenvalue weighted by Crippen LogP contribution is -2.31. The number of hydrogen-bond acceptors (Lipinski definition) is 4. The van der Waals surface area contributed by atoms with Gasteiger partial charge in [0.2, 0.25) is 0 Å². The molecule has 0 saturated heterocycles. The standard InChI is InChI=1S/C24H26N4O2/c29-24(25-18-8-2-1-3-9-18)26-21-11-6-7-17-15-28(14-13-19(17)21)16-22-20-10-4-5-12-23(20)30-27-22/h1-3,6-9,11H,4-5,10,12-16H2,(H2,25,26,29). The summed E-state index contributed by atoms with van der Waals surface area (Å²) in [5, 5.41) is 10.3. The lowest BCUT2D eigenvalue weighted by molar-refractivity contribution is 0.237. The molecule has 5 rings (SSSR count). The van der Waals surface area contributed by atoms with Crippen molar-refractivity contribution in [2.75, 3.05) is 17.2 Å². The van der Waals surface area contributed by atoms with Gasteiger partial charge in [0.1, 0.15) is 11.5 Å². The number of carbonyl (C=O) groups excluding carboxylic acids is 1. The molecule has 0 fully saturated rings. The van der Waals surface area contributed by atoms with Crippen LogP contribution >= 0.6 is 0 Å². The minimum absolute atomic E-state index is 0.216. The number of carbonyl (C=O) groups is 1. The zero-order chi connectivity index (χ0) is 20.3. The van der Waals surface area contributed by atoms with Crippen molar-refractivity contribution in [2.45, 2.75) is 45.2 Å². The van der Waals surface area contributed by atoms with Crippen LogP contribution in [0, 0.1) is 0 Å². The van der Waals surface area contributed by atoms with E-state index >= 15 is 0 Å². The molecule has 2 aliphatic rings. The second-order valence-electron chi connectivity index (χ2n) is 8.09. The molecule has 6 heteroatoms. The van der Waals surface area contributed by atoms with Crippen LogP contribution in [0.4, 0.5) is 16.2 Å². The number of benzene rings is 2. The highest BCUT2D eigenvalue weighted by atomic mass is 16.5. The molecule has 2 amide bonds. The maximum atomic E-state index is 12.4. The van der Waals surface area contributed by atoms with Crippen LogP contribution < -0.4 is 10.6 Å². The minimum Gasteiger partial charge on any atom is -0.361 e. The predicted octanol–water partition coefficient (Wildman–Crippen LogP) is 4.76. The second-order valence-corrected chi connectivity index (χ2v) is 8.09. The molecular formula is C24H26N4O2. The molecule has 1 aliphatic carbocycles. The number of anilines is 2. The topological polar surface area (TPSA) is 70.4 Å². The number of amides is 2. The lowest BCUT2D eigenvalue weighted by atomic mass is 9.95. The Hall–Kier alpha value is -3.12.